The van der Waals surface area contributed by atoms with Crippen LogP contribution >= 0.6 is 24.0 Å². The maximum Gasteiger partial charge on any atom is 0.416 e. The largest absolute Gasteiger partial charge is 0.416 e. The maximum absolute atomic E-state index is 12.7. The molecule has 0 aliphatic carbocycles. The van der Waals surface area contributed by atoms with E-state index in [2.05, 4.69) is 4.98 Å². The topological polar surface area (TPSA) is 43.8 Å². The van der Waals surface area contributed by atoms with Gasteiger partial charge in [0.05, 0.1) is 16.6 Å². The summed E-state index contributed by atoms with van der Waals surface area (Å²) in [6.07, 6.45) is -3.07. The number of para-hydroxylation sites is 2. The van der Waals surface area contributed by atoms with Crippen molar-refractivity contribution in [2.24, 2.45) is 0 Å². The molecule has 0 saturated heterocycles. The Morgan fingerprint density at radius 2 is 1.79 bits per heavy atom. The van der Waals surface area contributed by atoms with Crippen LogP contribution in [0.4, 0.5) is 19.1 Å². The van der Waals surface area contributed by atoms with E-state index in [0.717, 1.165) is 17.1 Å². The number of imidazole rings is 1. The molecule has 0 fully saturated rings. The zero-order valence-corrected chi connectivity index (χ0v) is 15.1. The lowest BCUT2D eigenvalue weighted by Gasteiger charge is -2.09. The number of aromatic nitrogens is 2. The van der Waals surface area contributed by atoms with Gasteiger partial charge in [0.1, 0.15) is 0 Å². The minimum absolute atomic E-state index is 0. The summed E-state index contributed by atoms with van der Waals surface area (Å²) in [6, 6.07) is 13.1. The average Bonchev–Trinajstić information content (AvgIpc) is 2.83. The van der Waals surface area contributed by atoms with Crippen molar-refractivity contribution in [3.8, 4) is 0 Å². The standard InChI is InChI=1S/C17H16F3N3.HI/c18-17(19,20)13-7-3-5-12(11-13)6-4-10-23-15-9-2-1-8-14(15)22-16(23)21;/h1-3,5,7-9,11H,4,6,10H2,(H2,21,22);1H. The van der Waals surface area contributed by atoms with Crippen molar-refractivity contribution in [1.29, 1.82) is 0 Å². The van der Waals surface area contributed by atoms with E-state index in [1.807, 2.05) is 28.8 Å². The molecule has 128 valence electrons. The molecule has 0 amide bonds. The summed E-state index contributed by atoms with van der Waals surface area (Å²) in [7, 11) is 0. The Morgan fingerprint density at radius 3 is 2.54 bits per heavy atom. The molecule has 3 nitrogen and oxygen atoms in total. The molecule has 0 spiro atoms. The Hall–Kier alpha value is -1.77. The van der Waals surface area contributed by atoms with Gasteiger partial charge in [-0.3, -0.25) is 0 Å². The molecule has 0 atom stereocenters. The third-order valence-electron chi connectivity index (χ3n) is 3.79. The molecule has 1 heterocycles. The SMILES string of the molecule is I.Nc1nc2ccccc2n1CCCc1cccc(C(F)(F)F)c1. The van der Waals surface area contributed by atoms with E-state index in [1.54, 1.807) is 6.07 Å². The van der Waals surface area contributed by atoms with Crippen LogP contribution in [-0.4, -0.2) is 9.55 Å². The van der Waals surface area contributed by atoms with Gasteiger partial charge in [0.2, 0.25) is 5.95 Å². The van der Waals surface area contributed by atoms with Crippen molar-refractivity contribution in [3.05, 3.63) is 59.7 Å². The Balaban J connectivity index is 0.00000208. The van der Waals surface area contributed by atoms with E-state index >= 15 is 0 Å². The van der Waals surface area contributed by atoms with Crippen LogP contribution in [0.5, 0.6) is 0 Å². The molecule has 0 saturated carbocycles. The first kappa shape index (κ1) is 18.6. The van der Waals surface area contributed by atoms with Crippen molar-refractivity contribution < 1.29 is 13.2 Å². The molecule has 2 aromatic carbocycles. The molecule has 2 N–H and O–H groups in total. The molecular weight excluding hydrogens is 430 g/mol. The molecule has 7 heteroatoms. The first-order valence-electron chi connectivity index (χ1n) is 7.32. The van der Waals surface area contributed by atoms with Crippen molar-refractivity contribution in [3.63, 3.8) is 0 Å². The molecule has 3 rings (SSSR count). The van der Waals surface area contributed by atoms with Crippen molar-refractivity contribution >= 4 is 41.0 Å². The maximum atomic E-state index is 12.7. The minimum Gasteiger partial charge on any atom is -0.369 e. The number of alkyl halides is 3. The quantitative estimate of drug-likeness (QED) is 0.579. The van der Waals surface area contributed by atoms with E-state index in [1.165, 1.54) is 12.1 Å². The highest BCUT2D eigenvalue weighted by Gasteiger charge is 2.30. The number of hydrogen-bond acceptors (Lipinski definition) is 2. The second kappa shape index (κ2) is 7.42. The summed E-state index contributed by atoms with van der Waals surface area (Å²) < 4.78 is 40.0. The van der Waals surface area contributed by atoms with Gasteiger partial charge in [-0.1, -0.05) is 30.3 Å². The lowest BCUT2D eigenvalue weighted by molar-refractivity contribution is -0.137. The van der Waals surface area contributed by atoms with Gasteiger partial charge >= 0.3 is 6.18 Å². The van der Waals surface area contributed by atoms with Crippen LogP contribution in [0.1, 0.15) is 17.5 Å². The van der Waals surface area contributed by atoms with Crippen LogP contribution in [0.25, 0.3) is 11.0 Å². The van der Waals surface area contributed by atoms with E-state index < -0.39 is 11.7 Å². The average molecular weight is 447 g/mol. The minimum atomic E-state index is -4.30. The second-order valence-corrected chi connectivity index (χ2v) is 5.41. The van der Waals surface area contributed by atoms with Gasteiger partial charge < -0.3 is 10.3 Å². The summed E-state index contributed by atoms with van der Waals surface area (Å²) in [4.78, 5) is 4.28. The lowest BCUT2D eigenvalue weighted by Crippen LogP contribution is -2.06. The molecular formula is C17H17F3IN3. The van der Waals surface area contributed by atoms with Gasteiger partial charge in [-0.25, -0.2) is 4.98 Å². The number of nitrogens with two attached hydrogens (primary N) is 1. The number of anilines is 1. The zero-order chi connectivity index (χ0) is 16.4. The molecule has 3 aromatic rings. The number of rotatable bonds is 4. The van der Waals surface area contributed by atoms with Gasteiger partial charge in [0, 0.05) is 6.54 Å². The predicted octanol–water partition coefficient (Wildman–Crippen LogP) is 4.89. The normalized spacial score (nSPS) is 11.5. The number of nitrogen functional groups attached to an aromatic ring is 1. The van der Waals surface area contributed by atoms with E-state index in [4.69, 9.17) is 5.73 Å². The van der Waals surface area contributed by atoms with Crippen LogP contribution in [-0.2, 0) is 19.1 Å². The van der Waals surface area contributed by atoms with Gasteiger partial charge in [0.25, 0.3) is 0 Å². The first-order chi connectivity index (χ1) is 10.9. The summed E-state index contributed by atoms with van der Waals surface area (Å²) in [5, 5.41) is 0. The predicted molar refractivity (Wildman–Crippen MR) is 99.3 cm³/mol. The highest BCUT2D eigenvalue weighted by molar-refractivity contribution is 14.0. The number of fused-ring (bicyclic) bond motifs is 1. The smallest absolute Gasteiger partial charge is 0.369 e. The fourth-order valence-electron chi connectivity index (χ4n) is 2.67. The number of nitrogens with zero attached hydrogens (tertiary/aromatic N) is 2. The monoisotopic (exact) mass is 447 g/mol. The van der Waals surface area contributed by atoms with E-state index in [0.29, 0.717) is 30.9 Å². The molecule has 0 unspecified atom stereocenters. The van der Waals surface area contributed by atoms with Crippen LogP contribution in [0.2, 0.25) is 0 Å². The van der Waals surface area contributed by atoms with E-state index in [-0.39, 0.29) is 24.0 Å². The Labute approximate surface area is 154 Å². The van der Waals surface area contributed by atoms with Crippen molar-refractivity contribution in [2.75, 3.05) is 5.73 Å². The van der Waals surface area contributed by atoms with Crippen LogP contribution in [0.3, 0.4) is 0 Å². The summed E-state index contributed by atoms with van der Waals surface area (Å²) in [5.41, 5.74) is 7.74. The summed E-state index contributed by atoms with van der Waals surface area (Å²) >= 11 is 0. The van der Waals surface area contributed by atoms with Crippen molar-refractivity contribution in [2.45, 2.75) is 25.6 Å². The first-order valence-corrected chi connectivity index (χ1v) is 7.32. The van der Waals surface area contributed by atoms with Gasteiger partial charge in [-0.2, -0.15) is 13.2 Å². The lowest BCUT2D eigenvalue weighted by atomic mass is 10.1. The molecule has 0 aliphatic rings. The molecule has 1 aromatic heterocycles. The van der Waals surface area contributed by atoms with Crippen LogP contribution in [0, 0.1) is 0 Å². The molecule has 0 bridgehead atoms. The molecule has 24 heavy (non-hydrogen) atoms. The van der Waals surface area contributed by atoms with Crippen molar-refractivity contribution in [1.82, 2.24) is 9.55 Å². The fraction of sp³-hybridized carbons (Fsp3) is 0.235. The van der Waals surface area contributed by atoms with Crippen LogP contribution < -0.4 is 5.73 Å². The fourth-order valence-corrected chi connectivity index (χ4v) is 2.67. The number of aryl methyl sites for hydroxylation is 2. The number of hydrogen-bond donors (Lipinski definition) is 1. The van der Waals surface area contributed by atoms with E-state index in [9.17, 15) is 13.2 Å². The van der Waals surface area contributed by atoms with Gasteiger partial charge in [0.15, 0.2) is 0 Å². The summed E-state index contributed by atoms with van der Waals surface area (Å²) in [5.74, 6) is 0.426. The Bertz CT molecular complexity index is 827. The molecule has 0 radical (unpaired) electrons. The third kappa shape index (κ3) is 4.00. The Morgan fingerprint density at radius 1 is 1.04 bits per heavy atom. The molecule has 0 aliphatic heterocycles. The third-order valence-corrected chi connectivity index (χ3v) is 3.79. The highest BCUT2D eigenvalue weighted by Crippen LogP contribution is 2.29. The zero-order valence-electron chi connectivity index (χ0n) is 12.8. The Kier molecular flexibility index (Phi) is 5.74. The number of benzene rings is 2. The number of halogens is 4. The highest BCUT2D eigenvalue weighted by atomic mass is 127. The van der Waals surface area contributed by atoms with Gasteiger partial charge in [-0.05, 0) is 36.6 Å². The second-order valence-electron chi connectivity index (χ2n) is 5.41. The summed E-state index contributed by atoms with van der Waals surface area (Å²) in [6.45, 7) is 0.614. The van der Waals surface area contributed by atoms with Gasteiger partial charge in [-0.15, -0.1) is 24.0 Å². The van der Waals surface area contributed by atoms with Crippen LogP contribution in [0.15, 0.2) is 48.5 Å².